The summed E-state index contributed by atoms with van der Waals surface area (Å²) in [6.07, 6.45) is 7.63. The SMILES string of the molecule is CCn1ccnc(N2CCCCC2)c1=Nc1ccc(OC)cc1. The lowest BCUT2D eigenvalue weighted by atomic mass is 10.1. The molecular formula is C18H24N4O. The Morgan fingerprint density at radius 2 is 1.87 bits per heavy atom. The summed E-state index contributed by atoms with van der Waals surface area (Å²) in [4.78, 5) is 11.9. The molecule has 122 valence electrons. The molecule has 1 saturated heterocycles. The number of rotatable bonds is 4. The van der Waals surface area contributed by atoms with Gasteiger partial charge in [0, 0.05) is 32.0 Å². The van der Waals surface area contributed by atoms with Gasteiger partial charge in [0.15, 0.2) is 11.3 Å². The maximum Gasteiger partial charge on any atom is 0.176 e. The van der Waals surface area contributed by atoms with E-state index in [4.69, 9.17) is 9.73 Å². The molecule has 1 aliphatic heterocycles. The Morgan fingerprint density at radius 3 is 2.52 bits per heavy atom. The van der Waals surface area contributed by atoms with Crippen LogP contribution in [0.25, 0.3) is 0 Å². The molecular weight excluding hydrogens is 288 g/mol. The zero-order valence-corrected chi connectivity index (χ0v) is 13.9. The Labute approximate surface area is 137 Å². The monoisotopic (exact) mass is 312 g/mol. The molecule has 1 fully saturated rings. The summed E-state index contributed by atoms with van der Waals surface area (Å²) in [5.74, 6) is 1.83. The van der Waals surface area contributed by atoms with Gasteiger partial charge in [-0.25, -0.2) is 9.98 Å². The second-order valence-corrected chi connectivity index (χ2v) is 5.72. The van der Waals surface area contributed by atoms with E-state index in [1.807, 2.05) is 36.7 Å². The lowest BCUT2D eigenvalue weighted by molar-refractivity contribution is 0.415. The Morgan fingerprint density at radius 1 is 1.13 bits per heavy atom. The Hall–Kier alpha value is -2.30. The third-order valence-electron chi connectivity index (χ3n) is 4.22. The quantitative estimate of drug-likeness (QED) is 0.871. The summed E-state index contributed by atoms with van der Waals surface area (Å²) in [6, 6.07) is 7.83. The predicted molar refractivity (Wildman–Crippen MR) is 92.2 cm³/mol. The second kappa shape index (κ2) is 7.31. The minimum absolute atomic E-state index is 0.842. The molecule has 5 heteroatoms. The maximum atomic E-state index is 5.22. The van der Waals surface area contributed by atoms with Crippen LogP contribution in [-0.4, -0.2) is 29.8 Å². The van der Waals surface area contributed by atoms with Gasteiger partial charge in [0.2, 0.25) is 0 Å². The number of hydrogen-bond acceptors (Lipinski definition) is 4. The average molecular weight is 312 g/mol. The molecule has 2 aromatic rings. The summed E-state index contributed by atoms with van der Waals surface area (Å²) in [5, 5.41) is 0. The molecule has 0 N–H and O–H groups in total. The number of benzene rings is 1. The number of aromatic nitrogens is 2. The number of nitrogens with zero attached hydrogens (tertiary/aromatic N) is 4. The fourth-order valence-corrected chi connectivity index (χ4v) is 2.92. The molecule has 0 spiro atoms. The highest BCUT2D eigenvalue weighted by Gasteiger charge is 2.15. The zero-order chi connectivity index (χ0) is 16.1. The molecule has 0 atom stereocenters. The topological polar surface area (TPSA) is 42.7 Å². The fraction of sp³-hybridized carbons (Fsp3) is 0.444. The molecule has 0 aliphatic carbocycles. The van der Waals surface area contributed by atoms with E-state index in [0.29, 0.717) is 0 Å². The van der Waals surface area contributed by atoms with Crippen molar-refractivity contribution >= 4 is 11.5 Å². The minimum Gasteiger partial charge on any atom is -0.497 e. The van der Waals surface area contributed by atoms with Crippen LogP contribution >= 0.6 is 0 Å². The molecule has 3 rings (SSSR count). The zero-order valence-electron chi connectivity index (χ0n) is 13.9. The fourth-order valence-electron chi connectivity index (χ4n) is 2.92. The van der Waals surface area contributed by atoms with Crippen LogP contribution in [0, 0.1) is 0 Å². The van der Waals surface area contributed by atoms with Gasteiger partial charge < -0.3 is 14.2 Å². The lowest BCUT2D eigenvalue weighted by Gasteiger charge is -2.28. The van der Waals surface area contributed by atoms with Crippen molar-refractivity contribution in [1.82, 2.24) is 9.55 Å². The largest absolute Gasteiger partial charge is 0.497 e. The predicted octanol–water partition coefficient (Wildman–Crippen LogP) is 3.13. The molecule has 1 aromatic carbocycles. The molecule has 23 heavy (non-hydrogen) atoms. The van der Waals surface area contributed by atoms with Gasteiger partial charge in [-0.1, -0.05) is 0 Å². The molecule has 0 unspecified atom stereocenters. The van der Waals surface area contributed by atoms with Crippen LogP contribution in [0.3, 0.4) is 0 Å². The average Bonchev–Trinajstić information content (AvgIpc) is 2.63. The van der Waals surface area contributed by atoms with Crippen LogP contribution in [0.4, 0.5) is 11.5 Å². The number of anilines is 1. The van der Waals surface area contributed by atoms with Crippen LogP contribution in [0.15, 0.2) is 41.7 Å². The number of piperidine rings is 1. The van der Waals surface area contributed by atoms with Crippen molar-refractivity contribution in [3.63, 3.8) is 0 Å². The van der Waals surface area contributed by atoms with Crippen LogP contribution in [-0.2, 0) is 6.54 Å². The number of hydrogen-bond donors (Lipinski definition) is 0. The third kappa shape index (κ3) is 3.55. The van der Waals surface area contributed by atoms with Crippen molar-refractivity contribution in [2.45, 2.75) is 32.7 Å². The van der Waals surface area contributed by atoms with Gasteiger partial charge in [-0.05, 0) is 50.5 Å². The first-order valence-electron chi connectivity index (χ1n) is 8.31. The van der Waals surface area contributed by atoms with Gasteiger partial charge in [-0.3, -0.25) is 0 Å². The molecule has 0 amide bonds. The van der Waals surface area contributed by atoms with E-state index >= 15 is 0 Å². The van der Waals surface area contributed by atoms with Crippen molar-refractivity contribution < 1.29 is 4.74 Å². The van der Waals surface area contributed by atoms with Gasteiger partial charge in [0.05, 0.1) is 12.8 Å². The summed E-state index contributed by atoms with van der Waals surface area (Å²) in [6.45, 7) is 5.13. The van der Waals surface area contributed by atoms with E-state index in [9.17, 15) is 0 Å². The summed E-state index contributed by atoms with van der Waals surface area (Å²) >= 11 is 0. The molecule has 0 saturated carbocycles. The normalized spacial score (nSPS) is 15.7. The molecule has 0 bridgehead atoms. The van der Waals surface area contributed by atoms with Crippen LogP contribution in [0.5, 0.6) is 5.75 Å². The van der Waals surface area contributed by atoms with Gasteiger partial charge >= 0.3 is 0 Å². The van der Waals surface area contributed by atoms with Crippen LogP contribution in [0.2, 0.25) is 0 Å². The van der Waals surface area contributed by atoms with Crippen molar-refractivity contribution in [2.24, 2.45) is 4.99 Å². The van der Waals surface area contributed by atoms with E-state index in [1.165, 1.54) is 19.3 Å². The van der Waals surface area contributed by atoms with Crippen LogP contribution < -0.4 is 15.1 Å². The molecule has 2 heterocycles. The first-order chi connectivity index (χ1) is 11.3. The number of methoxy groups -OCH3 is 1. The van der Waals surface area contributed by atoms with E-state index < -0.39 is 0 Å². The minimum atomic E-state index is 0.842. The summed E-state index contributed by atoms with van der Waals surface area (Å²) < 4.78 is 7.37. The number of ether oxygens (including phenoxy) is 1. The van der Waals surface area contributed by atoms with E-state index in [0.717, 1.165) is 42.4 Å². The maximum absolute atomic E-state index is 5.22. The second-order valence-electron chi connectivity index (χ2n) is 5.72. The Bertz CT molecular complexity index is 700. The van der Waals surface area contributed by atoms with E-state index in [2.05, 4.69) is 21.4 Å². The standard InChI is InChI=1S/C18H24N4O/c1-3-21-14-11-19-17(22-12-5-4-6-13-22)18(21)20-15-7-9-16(23-2)10-8-15/h7-11,14H,3-6,12-13H2,1-2H3. The van der Waals surface area contributed by atoms with E-state index in [1.54, 1.807) is 7.11 Å². The molecule has 5 nitrogen and oxygen atoms in total. The third-order valence-corrected chi connectivity index (χ3v) is 4.22. The highest BCUT2D eigenvalue weighted by Crippen LogP contribution is 2.18. The van der Waals surface area contributed by atoms with Crippen molar-refractivity contribution in [3.05, 3.63) is 42.1 Å². The van der Waals surface area contributed by atoms with Crippen molar-refractivity contribution in [3.8, 4) is 5.75 Å². The lowest BCUT2D eigenvalue weighted by Crippen LogP contribution is -2.37. The number of aryl methyl sites for hydroxylation is 1. The summed E-state index contributed by atoms with van der Waals surface area (Å²) in [7, 11) is 1.67. The summed E-state index contributed by atoms with van der Waals surface area (Å²) in [5.41, 5.74) is 1.85. The highest BCUT2D eigenvalue weighted by molar-refractivity contribution is 5.43. The van der Waals surface area contributed by atoms with Crippen molar-refractivity contribution in [2.75, 3.05) is 25.1 Å². The molecule has 1 aromatic heterocycles. The molecule has 1 aliphatic rings. The molecule has 0 radical (unpaired) electrons. The van der Waals surface area contributed by atoms with Gasteiger partial charge in [-0.2, -0.15) is 0 Å². The highest BCUT2D eigenvalue weighted by atomic mass is 16.5. The Kier molecular flexibility index (Phi) is 4.95. The van der Waals surface area contributed by atoms with Gasteiger partial charge in [-0.15, -0.1) is 0 Å². The Balaban J connectivity index is 2.05. The van der Waals surface area contributed by atoms with Crippen molar-refractivity contribution in [1.29, 1.82) is 0 Å². The van der Waals surface area contributed by atoms with Gasteiger partial charge in [0.25, 0.3) is 0 Å². The van der Waals surface area contributed by atoms with Gasteiger partial charge in [0.1, 0.15) is 5.75 Å². The first-order valence-corrected chi connectivity index (χ1v) is 8.31. The smallest absolute Gasteiger partial charge is 0.176 e. The van der Waals surface area contributed by atoms with Crippen LogP contribution in [0.1, 0.15) is 26.2 Å². The van der Waals surface area contributed by atoms with E-state index in [-0.39, 0.29) is 0 Å². The first kappa shape index (κ1) is 15.6.